The van der Waals surface area contributed by atoms with E-state index in [-0.39, 0.29) is 7.43 Å². The van der Waals surface area contributed by atoms with Gasteiger partial charge in [0.2, 0.25) is 0 Å². The molecule has 0 nitrogen and oxygen atoms in total. The Morgan fingerprint density at radius 1 is 1.06 bits per heavy atom. The molecule has 2 aromatic carbocycles. The molecule has 0 fully saturated rings. The summed E-state index contributed by atoms with van der Waals surface area (Å²) in [5.74, 6) is 3.27. The summed E-state index contributed by atoms with van der Waals surface area (Å²) in [4.78, 5) is 0. The molecule has 0 heterocycles. The summed E-state index contributed by atoms with van der Waals surface area (Å²) in [6.45, 7) is 4.39. The van der Waals surface area contributed by atoms with Crippen molar-refractivity contribution in [3.63, 3.8) is 0 Å². The maximum atomic E-state index is 5.53. The second kappa shape index (κ2) is 4.86. The number of fused-ring (bicyclic) bond motifs is 1. The first-order valence-electron chi connectivity index (χ1n) is 5.22. The van der Waals surface area contributed by atoms with Gasteiger partial charge in [0.25, 0.3) is 0 Å². The standard InChI is InChI=1S/C15H14.CH4/c1-4-12-7-5-8-13-9-6-10-14(11(2)3)15(12)13;/h1,5-11H,2-3H3;1H4. The maximum Gasteiger partial charge on any atom is 0.0323 e. The summed E-state index contributed by atoms with van der Waals surface area (Å²) in [7, 11) is 0. The van der Waals surface area contributed by atoms with Crippen LogP contribution in [0.15, 0.2) is 36.4 Å². The third kappa shape index (κ3) is 1.95. The van der Waals surface area contributed by atoms with Crippen LogP contribution in [0.2, 0.25) is 0 Å². The van der Waals surface area contributed by atoms with E-state index in [2.05, 4.69) is 44.0 Å². The van der Waals surface area contributed by atoms with Gasteiger partial charge >= 0.3 is 0 Å². The third-order valence-corrected chi connectivity index (χ3v) is 2.71. The van der Waals surface area contributed by atoms with Gasteiger partial charge in [-0.15, -0.1) is 6.42 Å². The quantitative estimate of drug-likeness (QED) is 0.604. The first-order chi connectivity index (χ1) is 7.24. The van der Waals surface area contributed by atoms with E-state index in [0.29, 0.717) is 5.92 Å². The highest BCUT2D eigenvalue weighted by Crippen LogP contribution is 2.27. The SMILES string of the molecule is C.C#Cc1cccc2cccc(C(C)C)c12. The highest BCUT2D eigenvalue weighted by molar-refractivity contribution is 5.91. The third-order valence-electron chi connectivity index (χ3n) is 2.71. The van der Waals surface area contributed by atoms with Crippen molar-refractivity contribution in [2.45, 2.75) is 27.2 Å². The Kier molecular flexibility index (Phi) is 3.74. The molecule has 0 bridgehead atoms. The summed E-state index contributed by atoms with van der Waals surface area (Å²) >= 11 is 0. The molecule has 0 aromatic heterocycles. The smallest absolute Gasteiger partial charge is 0.0323 e. The molecule has 0 N–H and O–H groups in total. The van der Waals surface area contributed by atoms with Crippen LogP contribution in [0.1, 0.15) is 38.3 Å². The fourth-order valence-corrected chi connectivity index (χ4v) is 1.97. The zero-order valence-corrected chi connectivity index (χ0v) is 9.12. The summed E-state index contributed by atoms with van der Waals surface area (Å²) in [6.07, 6.45) is 5.53. The van der Waals surface area contributed by atoms with Crippen LogP contribution in [-0.4, -0.2) is 0 Å². The summed E-state index contributed by atoms with van der Waals surface area (Å²) in [6, 6.07) is 12.5. The molecule has 0 amide bonds. The number of hydrogen-bond acceptors (Lipinski definition) is 0. The van der Waals surface area contributed by atoms with Crippen LogP contribution in [0, 0.1) is 12.3 Å². The fraction of sp³-hybridized carbons (Fsp3) is 0.250. The predicted molar refractivity (Wildman–Crippen MR) is 72.7 cm³/mol. The fourth-order valence-electron chi connectivity index (χ4n) is 1.97. The molecule has 82 valence electrons. The van der Waals surface area contributed by atoms with Crippen molar-refractivity contribution in [2.75, 3.05) is 0 Å². The molecule has 0 aliphatic carbocycles. The monoisotopic (exact) mass is 210 g/mol. The van der Waals surface area contributed by atoms with E-state index < -0.39 is 0 Å². The second-order valence-corrected chi connectivity index (χ2v) is 4.05. The number of hydrogen-bond donors (Lipinski definition) is 0. The van der Waals surface area contributed by atoms with Gasteiger partial charge in [0.15, 0.2) is 0 Å². The molecule has 0 saturated heterocycles. The summed E-state index contributed by atoms with van der Waals surface area (Å²) in [5, 5.41) is 2.47. The lowest BCUT2D eigenvalue weighted by Gasteiger charge is -2.11. The van der Waals surface area contributed by atoms with Crippen LogP contribution in [0.4, 0.5) is 0 Å². The minimum absolute atomic E-state index is 0. The van der Waals surface area contributed by atoms with Crippen molar-refractivity contribution in [3.05, 3.63) is 47.5 Å². The van der Waals surface area contributed by atoms with Crippen LogP contribution in [0.25, 0.3) is 10.8 Å². The van der Waals surface area contributed by atoms with Gasteiger partial charge in [-0.2, -0.15) is 0 Å². The number of benzene rings is 2. The van der Waals surface area contributed by atoms with E-state index in [1.165, 1.54) is 16.3 Å². The molecule has 2 aromatic rings. The van der Waals surface area contributed by atoms with Crippen molar-refractivity contribution >= 4 is 10.8 Å². The lowest BCUT2D eigenvalue weighted by atomic mass is 9.93. The van der Waals surface area contributed by atoms with Crippen LogP contribution in [0.3, 0.4) is 0 Å². The molecule has 0 atom stereocenters. The molecule has 0 aliphatic rings. The maximum absolute atomic E-state index is 5.53. The number of rotatable bonds is 1. The van der Waals surface area contributed by atoms with E-state index in [0.717, 1.165) is 5.56 Å². The summed E-state index contributed by atoms with van der Waals surface area (Å²) < 4.78 is 0. The molecule has 0 radical (unpaired) electrons. The topological polar surface area (TPSA) is 0 Å². The molecule has 2 rings (SSSR count). The van der Waals surface area contributed by atoms with Crippen molar-refractivity contribution in [2.24, 2.45) is 0 Å². The van der Waals surface area contributed by atoms with Gasteiger partial charge in [0, 0.05) is 10.9 Å². The second-order valence-electron chi connectivity index (χ2n) is 4.05. The Morgan fingerprint density at radius 3 is 2.25 bits per heavy atom. The highest BCUT2D eigenvalue weighted by atomic mass is 14.1. The molecule has 0 unspecified atom stereocenters. The van der Waals surface area contributed by atoms with Gasteiger partial charge in [-0.1, -0.05) is 57.5 Å². The van der Waals surface area contributed by atoms with E-state index >= 15 is 0 Å². The zero-order valence-electron chi connectivity index (χ0n) is 9.12. The average molecular weight is 210 g/mol. The molecule has 0 spiro atoms. The largest absolute Gasteiger partial charge is 0.115 e. The van der Waals surface area contributed by atoms with Crippen LogP contribution >= 0.6 is 0 Å². The lowest BCUT2D eigenvalue weighted by molar-refractivity contribution is 0.876. The van der Waals surface area contributed by atoms with Gasteiger partial charge in [-0.3, -0.25) is 0 Å². The molecule has 16 heavy (non-hydrogen) atoms. The van der Waals surface area contributed by atoms with Gasteiger partial charge < -0.3 is 0 Å². The Hall–Kier alpha value is -1.74. The Labute approximate surface area is 98.3 Å². The normalized spacial score (nSPS) is 9.88. The van der Waals surface area contributed by atoms with E-state index in [1.807, 2.05) is 12.1 Å². The van der Waals surface area contributed by atoms with Crippen LogP contribution < -0.4 is 0 Å². The van der Waals surface area contributed by atoms with Gasteiger partial charge in [-0.25, -0.2) is 0 Å². The van der Waals surface area contributed by atoms with Crippen molar-refractivity contribution in [3.8, 4) is 12.3 Å². The first kappa shape index (κ1) is 12.3. The van der Waals surface area contributed by atoms with Gasteiger partial charge in [-0.05, 0) is 22.9 Å². The summed E-state index contributed by atoms with van der Waals surface area (Å²) in [5.41, 5.74) is 2.33. The molecule has 0 aliphatic heterocycles. The highest BCUT2D eigenvalue weighted by Gasteiger charge is 2.07. The van der Waals surface area contributed by atoms with Crippen LogP contribution in [0.5, 0.6) is 0 Å². The minimum Gasteiger partial charge on any atom is -0.115 e. The Bertz CT molecular complexity index is 522. The van der Waals surface area contributed by atoms with E-state index in [9.17, 15) is 0 Å². The Morgan fingerprint density at radius 2 is 1.69 bits per heavy atom. The Balaban J connectivity index is 0.00000128. The van der Waals surface area contributed by atoms with E-state index in [4.69, 9.17) is 6.42 Å². The van der Waals surface area contributed by atoms with Crippen LogP contribution in [-0.2, 0) is 0 Å². The molecule has 0 saturated carbocycles. The van der Waals surface area contributed by atoms with Crippen molar-refractivity contribution < 1.29 is 0 Å². The van der Waals surface area contributed by atoms with Crippen molar-refractivity contribution in [1.29, 1.82) is 0 Å². The van der Waals surface area contributed by atoms with Gasteiger partial charge in [0.05, 0.1) is 0 Å². The van der Waals surface area contributed by atoms with Gasteiger partial charge in [0.1, 0.15) is 0 Å². The van der Waals surface area contributed by atoms with E-state index in [1.54, 1.807) is 0 Å². The lowest BCUT2D eigenvalue weighted by Crippen LogP contribution is -1.91. The average Bonchev–Trinajstić information content (AvgIpc) is 2.27. The zero-order chi connectivity index (χ0) is 10.8. The number of terminal acetylenes is 1. The minimum atomic E-state index is 0. The molecule has 0 heteroatoms. The predicted octanol–water partition coefficient (Wildman–Crippen LogP) is 4.58. The molecular formula is C16H18. The van der Waals surface area contributed by atoms with Crippen molar-refractivity contribution in [1.82, 2.24) is 0 Å². The first-order valence-corrected chi connectivity index (χ1v) is 5.22. The molecular weight excluding hydrogens is 192 g/mol.